The average molecular weight is 298 g/mol. The first-order chi connectivity index (χ1) is 5.16. The minimum atomic E-state index is 0.135. The Labute approximate surface area is 86.1 Å². The maximum atomic E-state index is 11.2. The molecular formula is C7H6Br2OS. The van der Waals surface area contributed by atoms with Gasteiger partial charge in [0.15, 0.2) is 5.78 Å². The van der Waals surface area contributed by atoms with E-state index in [1.807, 2.05) is 12.3 Å². The molecule has 0 aliphatic rings. The van der Waals surface area contributed by atoms with Gasteiger partial charge in [-0.3, -0.25) is 4.79 Å². The van der Waals surface area contributed by atoms with E-state index in [9.17, 15) is 4.79 Å². The quantitative estimate of drug-likeness (QED) is 0.604. The van der Waals surface area contributed by atoms with Crippen LogP contribution < -0.4 is 0 Å². The van der Waals surface area contributed by atoms with Crippen molar-refractivity contribution in [3.05, 3.63) is 20.3 Å². The van der Waals surface area contributed by atoms with Gasteiger partial charge in [0.1, 0.15) is 0 Å². The number of thiophene rings is 1. The van der Waals surface area contributed by atoms with Crippen LogP contribution in [-0.4, -0.2) is 11.1 Å². The van der Waals surface area contributed by atoms with Gasteiger partial charge < -0.3 is 0 Å². The van der Waals surface area contributed by atoms with Crippen LogP contribution in [0.5, 0.6) is 0 Å². The summed E-state index contributed by atoms with van der Waals surface area (Å²) in [4.78, 5) is 12.3. The van der Waals surface area contributed by atoms with Crippen LogP contribution in [0.15, 0.2) is 9.85 Å². The molecule has 1 heterocycles. The molecule has 0 aromatic carbocycles. The Morgan fingerprint density at radius 3 is 2.73 bits per heavy atom. The molecule has 0 N–H and O–H groups in total. The summed E-state index contributed by atoms with van der Waals surface area (Å²) in [6.07, 6.45) is 0. The highest BCUT2D eigenvalue weighted by Crippen LogP contribution is 2.27. The third kappa shape index (κ3) is 1.92. The van der Waals surface area contributed by atoms with Crippen molar-refractivity contribution >= 4 is 49.0 Å². The Hall–Kier alpha value is 0.330. The van der Waals surface area contributed by atoms with Gasteiger partial charge in [-0.25, -0.2) is 0 Å². The highest BCUT2D eigenvalue weighted by atomic mass is 79.9. The standard InChI is InChI=1S/C7H6Br2OS/c1-4-7(6(10)2-8)5(9)3-11-4/h3H,2H2,1H3. The minimum Gasteiger partial charge on any atom is -0.293 e. The number of Topliss-reactive ketones (excluding diaryl/α,β-unsaturated/α-hetero) is 1. The van der Waals surface area contributed by atoms with Crippen molar-refractivity contribution in [2.45, 2.75) is 6.92 Å². The Morgan fingerprint density at radius 1 is 1.73 bits per heavy atom. The number of hydrogen-bond donors (Lipinski definition) is 0. The summed E-state index contributed by atoms with van der Waals surface area (Å²) in [5.41, 5.74) is 0.812. The number of halogens is 2. The Bertz CT molecular complexity index is 260. The summed E-state index contributed by atoms with van der Waals surface area (Å²) in [5.74, 6) is 0.135. The third-order valence-electron chi connectivity index (χ3n) is 1.33. The zero-order valence-electron chi connectivity index (χ0n) is 5.86. The van der Waals surface area contributed by atoms with E-state index in [2.05, 4.69) is 31.9 Å². The van der Waals surface area contributed by atoms with Crippen LogP contribution >= 0.6 is 43.2 Å². The molecular weight excluding hydrogens is 292 g/mol. The Balaban J connectivity index is 3.10. The lowest BCUT2D eigenvalue weighted by molar-refractivity contribution is 0.102. The summed E-state index contributed by atoms with van der Waals surface area (Å²) in [6.45, 7) is 1.95. The van der Waals surface area contributed by atoms with E-state index in [0.29, 0.717) is 5.33 Å². The molecule has 4 heteroatoms. The summed E-state index contributed by atoms with van der Waals surface area (Å²) in [6, 6.07) is 0. The molecule has 1 aromatic rings. The van der Waals surface area contributed by atoms with Crippen molar-refractivity contribution in [3.8, 4) is 0 Å². The summed E-state index contributed by atoms with van der Waals surface area (Å²) >= 11 is 8.05. The molecule has 0 saturated carbocycles. The average Bonchev–Trinajstić information content (AvgIpc) is 2.30. The van der Waals surface area contributed by atoms with Crippen LogP contribution in [-0.2, 0) is 0 Å². The number of alkyl halides is 1. The van der Waals surface area contributed by atoms with Crippen LogP contribution in [0.3, 0.4) is 0 Å². The monoisotopic (exact) mass is 296 g/mol. The first-order valence-corrected chi connectivity index (χ1v) is 5.79. The lowest BCUT2D eigenvalue weighted by Crippen LogP contribution is -2.00. The van der Waals surface area contributed by atoms with Gasteiger partial charge in [0.05, 0.1) is 5.33 Å². The second-order valence-electron chi connectivity index (χ2n) is 2.07. The molecule has 0 radical (unpaired) electrons. The fourth-order valence-electron chi connectivity index (χ4n) is 0.822. The molecule has 1 rings (SSSR count). The van der Waals surface area contributed by atoms with Gasteiger partial charge in [-0.15, -0.1) is 11.3 Å². The van der Waals surface area contributed by atoms with Crippen molar-refractivity contribution in [1.82, 2.24) is 0 Å². The van der Waals surface area contributed by atoms with Crippen molar-refractivity contribution in [1.29, 1.82) is 0 Å². The largest absolute Gasteiger partial charge is 0.293 e. The molecule has 0 bridgehead atoms. The topological polar surface area (TPSA) is 17.1 Å². The van der Waals surface area contributed by atoms with E-state index in [-0.39, 0.29) is 5.78 Å². The summed E-state index contributed by atoms with van der Waals surface area (Å²) in [5, 5.41) is 2.33. The molecule has 0 fully saturated rings. The molecule has 60 valence electrons. The second-order valence-corrected chi connectivity index (χ2v) is 4.57. The van der Waals surface area contributed by atoms with Gasteiger partial charge in [-0.05, 0) is 22.9 Å². The molecule has 1 aromatic heterocycles. The second kappa shape index (κ2) is 3.83. The first-order valence-electron chi connectivity index (χ1n) is 2.99. The summed E-state index contributed by atoms with van der Waals surface area (Å²) in [7, 11) is 0. The number of carbonyl (C=O) groups is 1. The van der Waals surface area contributed by atoms with E-state index < -0.39 is 0 Å². The Kier molecular flexibility index (Phi) is 3.28. The zero-order valence-corrected chi connectivity index (χ0v) is 9.85. The normalized spacial score (nSPS) is 10.1. The molecule has 0 saturated heterocycles. The molecule has 0 amide bonds. The van der Waals surface area contributed by atoms with Gasteiger partial charge in [0, 0.05) is 20.3 Å². The fraction of sp³-hybridized carbons (Fsp3) is 0.286. The van der Waals surface area contributed by atoms with Gasteiger partial charge in [-0.1, -0.05) is 15.9 Å². The zero-order chi connectivity index (χ0) is 8.43. The molecule has 0 unspecified atom stereocenters. The number of ketones is 1. The van der Waals surface area contributed by atoms with E-state index in [4.69, 9.17) is 0 Å². The molecule has 0 atom stereocenters. The number of aryl methyl sites for hydroxylation is 1. The molecule has 0 spiro atoms. The van der Waals surface area contributed by atoms with Crippen LogP contribution in [0.25, 0.3) is 0 Å². The predicted octanol–water partition coefficient (Wildman–Crippen LogP) is 3.40. The number of hydrogen-bond acceptors (Lipinski definition) is 2. The number of rotatable bonds is 2. The SMILES string of the molecule is Cc1scc(Br)c1C(=O)CBr. The highest BCUT2D eigenvalue weighted by molar-refractivity contribution is 9.10. The minimum absolute atomic E-state index is 0.135. The van der Waals surface area contributed by atoms with Crippen molar-refractivity contribution in [2.24, 2.45) is 0 Å². The lowest BCUT2D eigenvalue weighted by atomic mass is 10.2. The third-order valence-corrected chi connectivity index (χ3v) is 3.68. The van der Waals surface area contributed by atoms with E-state index >= 15 is 0 Å². The smallest absolute Gasteiger partial charge is 0.175 e. The van der Waals surface area contributed by atoms with Crippen molar-refractivity contribution in [2.75, 3.05) is 5.33 Å². The maximum absolute atomic E-state index is 11.2. The van der Waals surface area contributed by atoms with Gasteiger partial charge >= 0.3 is 0 Å². The molecule has 0 aliphatic heterocycles. The van der Waals surface area contributed by atoms with Crippen LogP contribution in [0.4, 0.5) is 0 Å². The van der Waals surface area contributed by atoms with Gasteiger partial charge in [0.2, 0.25) is 0 Å². The van der Waals surface area contributed by atoms with Gasteiger partial charge in [0.25, 0.3) is 0 Å². The molecule has 1 nitrogen and oxygen atoms in total. The first kappa shape index (κ1) is 9.42. The number of carbonyl (C=O) groups excluding carboxylic acids is 1. The van der Waals surface area contributed by atoms with E-state index in [1.54, 1.807) is 11.3 Å². The van der Waals surface area contributed by atoms with E-state index in [1.165, 1.54) is 0 Å². The van der Waals surface area contributed by atoms with Crippen LogP contribution in [0, 0.1) is 6.92 Å². The van der Waals surface area contributed by atoms with Crippen molar-refractivity contribution < 1.29 is 4.79 Å². The highest BCUT2D eigenvalue weighted by Gasteiger charge is 2.12. The van der Waals surface area contributed by atoms with Crippen LogP contribution in [0.2, 0.25) is 0 Å². The van der Waals surface area contributed by atoms with Crippen LogP contribution in [0.1, 0.15) is 15.2 Å². The lowest BCUT2D eigenvalue weighted by Gasteiger charge is -1.94. The maximum Gasteiger partial charge on any atom is 0.175 e. The van der Waals surface area contributed by atoms with Gasteiger partial charge in [-0.2, -0.15) is 0 Å². The van der Waals surface area contributed by atoms with E-state index in [0.717, 1.165) is 14.9 Å². The summed E-state index contributed by atoms with van der Waals surface area (Å²) < 4.78 is 0.907. The predicted molar refractivity (Wildman–Crippen MR) is 54.9 cm³/mol. The molecule has 0 aliphatic carbocycles. The fourth-order valence-corrected chi connectivity index (χ4v) is 2.77. The molecule has 11 heavy (non-hydrogen) atoms. The Morgan fingerprint density at radius 2 is 2.36 bits per heavy atom. The van der Waals surface area contributed by atoms with Crippen molar-refractivity contribution in [3.63, 3.8) is 0 Å².